The zero-order valence-electron chi connectivity index (χ0n) is 18.6. The summed E-state index contributed by atoms with van der Waals surface area (Å²) in [5, 5.41) is 12.3. The van der Waals surface area contributed by atoms with E-state index in [4.69, 9.17) is 4.74 Å². The van der Waals surface area contributed by atoms with Gasteiger partial charge in [-0.15, -0.1) is 5.11 Å². The fraction of sp³-hybridized carbons (Fsp3) is 0.0714. The lowest BCUT2D eigenvalue weighted by Crippen LogP contribution is -2.32. The smallest absolute Gasteiger partial charge is 0.180 e. The van der Waals surface area contributed by atoms with Crippen LogP contribution >= 0.6 is 6.89 Å². The molecule has 0 spiro atoms. The molecule has 4 aromatic carbocycles. The molecular weight excluding hydrogens is 427 g/mol. The highest BCUT2D eigenvalue weighted by atomic mass is 31.2. The second-order valence-electron chi connectivity index (χ2n) is 7.46. The first-order valence-corrected chi connectivity index (χ1v) is 12.5. The largest absolute Gasteiger partial charge is 0.497 e. The number of carbonyl (C=O) groups is 1. The van der Waals surface area contributed by atoms with E-state index in [1.807, 2.05) is 78.9 Å². The monoisotopic (exact) mass is 452 g/mol. The second kappa shape index (κ2) is 10.2. The number of ether oxygens (including phenoxy) is 1. The summed E-state index contributed by atoms with van der Waals surface area (Å²) < 4.78 is 5.23. The number of azo groups is 1. The maximum absolute atomic E-state index is 13.2. The van der Waals surface area contributed by atoms with Gasteiger partial charge in [0.1, 0.15) is 11.2 Å². The highest BCUT2D eigenvalue weighted by Gasteiger charge is 2.32. The molecule has 33 heavy (non-hydrogen) atoms. The van der Waals surface area contributed by atoms with E-state index >= 15 is 0 Å². The number of methoxy groups -OCH3 is 1. The molecule has 0 aliphatic heterocycles. The molecule has 164 valence electrons. The van der Waals surface area contributed by atoms with Crippen LogP contribution in [0.15, 0.2) is 125 Å². The zero-order valence-corrected chi connectivity index (χ0v) is 19.5. The second-order valence-corrected chi connectivity index (χ2v) is 10.8. The van der Waals surface area contributed by atoms with Crippen molar-refractivity contribution in [1.82, 2.24) is 0 Å². The Morgan fingerprint density at radius 2 is 1.09 bits per heavy atom. The first-order chi connectivity index (χ1) is 16.2. The molecule has 4 nitrogen and oxygen atoms in total. The minimum absolute atomic E-state index is 0.0999. The highest BCUT2D eigenvalue weighted by molar-refractivity contribution is 7.96. The third-order valence-corrected chi connectivity index (χ3v) is 9.65. The molecule has 5 heteroatoms. The topological polar surface area (TPSA) is 51.0 Å². The van der Waals surface area contributed by atoms with Crippen molar-refractivity contribution in [3.8, 4) is 5.75 Å². The summed E-state index contributed by atoms with van der Waals surface area (Å²) >= 11 is 0. The number of hydrogen-bond acceptors (Lipinski definition) is 3. The molecule has 0 radical (unpaired) electrons. The molecule has 0 N–H and O–H groups in total. The first kappa shape index (κ1) is 22.4. The van der Waals surface area contributed by atoms with Crippen molar-refractivity contribution < 1.29 is 9.53 Å². The van der Waals surface area contributed by atoms with Crippen LogP contribution < -0.4 is 20.7 Å². The molecule has 0 unspecified atom stereocenters. The van der Waals surface area contributed by atoms with Gasteiger partial charge in [0.05, 0.1) is 12.8 Å². The molecule has 0 atom stereocenters. The van der Waals surface area contributed by atoms with Crippen molar-refractivity contribution >= 4 is 39.7 Å². The molecule has 4 aromatic rings. The molecule has 0 fully saturated rings. The van der Waals surface area contributed by atoms with Crippen molar-refractivity contribution in [2.75, 3.05) is 7.11 Å². The number of benzene rings is 4. The molecule has 0 saturated carbocycles. The van der Waals surface area contributed by atoms with Crippen LogP contribution in [0.3, 0.4) is 0 Å². The van der Waals surface area contributed by atoms with E-state index < -0.39 is 6.89 Å². The Balaban J connectivity index is 2.10. The number of Topliss-reactive ketones (excluding diaryl/α,β-unsaturated/α-hetero) is 1. The molecule has 0 amide bonds. The van der Waals surface area contributed by atoms with Crippen LogP contribution in [0.25, 0.3) is 0 Å². The van der Waals surface area contributed by atoms with Crippen LogP contribution in [0.1, 0.15) is 6.92 Å². The number of ketones is 1. The molecule has 4 rings (SSSR count). The maximum atomic E-state index is 13.2. The van der Waals surface area contributed by atoms with Gasteiger partial charge in [0.2, 0.25) is 0 Å². The van der Waals surface area contributed by atoms with E-state index in [1.54, 1.807) is 14.0 Å². The van der Waals surface area contributed by atoms with Crippen molar-refractivity contribution in [2.45, 2.75) is 6.92 Å². The quantitative estimate of drug-likeness (QED) is 0.275. The summed E-state index contributed by atoms with van der Waals surface area (Å²) in [7, 11) is 1.62. The van der Waals surface area contributed by atoms with Gasteiger partial charge in [0.15, 0.2) is 5.78 Å². The Labute approximate surface area is 194 Å². The number of rotatable bonds is 7. The van der Waals surface area contributed by atoms with E-state index in [0.29, 0.717) is 11.1 Å². The van der Waals surface area contributed by atoms with Crippen LogP contribution in [0.4, 0.5) is 5.69 Å². The number of hydrogen-bond donors (Lipinski definition) is 0. The minimum atomic E-state index is -2.59. The van der Waals surface area contributed by atoms with Gasteiger partial charge in [-0.1, -0.05) is 91.0 Å². The average molecular weight is 452 g/mol. The summed E-state index contributed by atoms with van der Waals surface area (Å²) in [6.07, 6.45) is 0. The van der Waals surface area contributed by atoms with Crippen LogP contribution in [0, 0.1) is 0 Å². The van der Waals surface area contributed by atoms with Gasteiger partial charge in [0, 0.05) is 13.8 Å². The first-order valence-electron chi connectivity index (χ1n) is 10.7. The summed E-state index contributed by atoms with van der Waals surface area (Å²) in [5.74, 6) is 0.640. The molecular formula is C28H25N2O2P. The third kappa shape index (κ3) is 4.57. The highest BCUT2D eigenvalue weighted by Crippen LogP contribution is 2.46. The van der Waals surface area contributed by atoms with Gasteiger partial charge in [-0.25, -0.2) is 0 Å². The van der Waals surface area contributed by atoms with E-state index in [-0.39, 0.29) is 5.78 Å². The van der Waals surface area contributed by atoms with Crippen molar-refractivity contribution in [3.05, 3.63) is 115 Å². The normalized spacial score (nSPS) is 11.3. The Hall–Kier alpha value is -3.75. The predicted molar refractivity (Wildman–Crippen MR) is 138 cm³/mol. The van der Waals surface area contributed by atoms with Gasteiger partial charge in [0.25, 0.3) is 0 Å². The van der Waals surface area contributed by atoms with E-state index in [9.17, 15) is 4.79 Å². The summed E-state index contributed by atoms with van der Waals surface area (Å²) in [5.41, 5.74) is 1.11. The molecule has 0 aliphatic rings. The minimum Gasteiger partial charge on any atom is -0.497 e. The van der Waals surface area contributed by atoms with E-state index in [2.05, 4.69) is 46.6 Å². The van der Waals surface area contributed by atoms with Crippen molar-refractivity contribution in [2.24, 2.45) is 10.2 Å². The van der Waals surface area contributed by atoms with Crippen molar-refractivity contribution in [3.63, 3.8) is 0 Å². The Morgan fingerprint density at radius 3 is 1.45 bits per heavy atom. The van der Waals surface area contributed by atoms with Crippen LogP contribution in [0.5, 0.6) is 5.75 Å². The predicted octanol–water partition coefficient (Wildman–Crippen LogP) is 5.49. The molecule has 0 aromatic heterocycles. The van der Waals surface area contributed by atoms with Gasteiger partial charge in [-0.2, -0.15) is 5.11 Å². The summed E-state index contributed by atoms with van der Waals surface area (Å²) in [6.45, 7) is -1.01. The fourth-order valence-electron chi connectivity index (χ4n) is 3.90. The molecule has 0 saturated heterocycles. The van der Waals surface area contributed by atoms with Gasteiger partial charge in [-0.3, -0.25) is 4.79 Å². The lowest BCUT2D eigenvalue weighted by atomic mass is 10.3. The Kier molecular flexibility index (Phi) is 6.97. The van der Waals surface area contributed by atoms with Crippen LogP contribution in [-0.4, -0.2) is 18.3 Å². The third-order valence-electron chi connectivity index (χ3n) is 5.40. The van der Waals surface area contributed by atoms with E-state index in [1.165, 1.54) is 0 Å². The molecule has 0 heterocycles. The lowest BCUT2D eigenvalue weighted by Gasteiger charge is -2.29. The summed E-state index contributed by atoms with van der Waals surface area (Å²) in [4.78, 5) is 13.2. The Morgan fingerprint density at radius 1 is 0.667 bits per heavy atom. The zero-order chi connectivity index (χ0) is 23.1. The average Bonchev–Trinajstić information content (AvgIpc) is 2.88. The van der Waals surface area contributed by atoms with Crippen LogP contribution in [0.2, 0.25) is 0 Å². The van der Waals surface area contributed by atoms with E-state index in [0.717, 1.165) is 21.7 Å². The van der Waals surface area contributed by atoms with Crippen molar-refractivity contribution in [1.29, 1.82) is 0 Å². The van der Waals surface area contributed by atoms with Gasteiger partial charge >= 0.3 is 0 Å². The number of carbonyl (C=O) groups excluding carboxylic acids is 1. The lowest BCUT2D eigenvalue weighted by molar-refractivity contribution is -0.111. The van der Waals surface area contributed by atoms with Gasteiger partial charge in [-0.05, 0) is 40.2 Å². The SMILES string of the molecule is COc1ccc(N=NC(C(C)=O)=P(c2ccccc2)(c2ccccc2)c2ccccc2)cc1. The standard InChI is InChI=1S/C28H25N2O2P/c1-22(31)28(30-29-23-18-20-24(32-2)21-19-23)33(25-12-6-3-7-13-25,26-14-8-4-9-15-26)27-16-10-5-11-17-27/h3-21H,1-2H3. The maximum Gasteiger partial charge on any atom is 0.180 e. The van der Waals surface area contributed by atoms with Crippen LogP contribution in [-0.2, 0) is 4.79 Å². The molecule has 0 aliphatic carbocycles. The van der Waals surface area contributed by atoms with Gasteiger partial charge < -0.3 is 4.74 Å². The number of nitrogens with zero attached hydrogens (tertiary/aromatic N) is 2. The Bertz CT molecular complexity index is 1200. The fourth-order valence-corrected chi connectivity index (χ4v) is 8.03. The molecule has 0 bridgehead atoms. The summed E-state index contributed by atoms with van der Waals surface area (Å²) in [6, 6.07) is 37.8.